The molecule has 1 saturated heterocycles. The summed E-state index contributed by atoms with van der Waals surface area (Å²) in [5.41, 5.74) is 0.586. The van der Waals surface area contributed by atoms with Gasteiger partial charge in [-0.15, -0.1) is 0 Å². The number of methoxy groups -OCH3 is 1. The molecule has 0 atom stereocenters. The summed E-state index contributed by atoms with van der Waals surface area (Å²) in [7, 11) is -1.83. The molecule has 0 aromatic carbocycles. The summed E-state index contributed by atoms with van der Waals surface area (Å²) >= 11 is 0. The zero-order valence-corrected chi connectivity index (χ0v) is 15.9. The van der Waals surface area contributed by atoms with Crippen molar-refractivity contribution >= 4 is 9.84 Å². The third kappa shape index (κ3) is 5.27. The Morgan fingerprint density at radius 2 is 1.96 bits per heavy atom. The summed E-state index contributed by atoms with van der Waals surface area (Å²) in [6, 6.07) is 0. The monoisotopic (exact) mass is 359 g/mol. The smallest absolute Gasteiger partial charge is 0.227 e. The lowest BCUT2D eigenvalue weighted by molar-refractivity contribution is 0.0329. The molecule has 0 unspecified atom stereocenters. The van der Waals surface area contributed by atoms with E-state index in [-0.39, 0.29) is 16.3 Å². The number of ether oxygens (including phenoxy) is 2. The minimum absolute atomic E-state index is 0.0704. The van der Waals surface area contributed by atoms with Crippen molar-refractivity contribution < 1.29 is 17.9 Å². The van der Waals surface area contributed by atoms with Crippen LogP contribution in [0.15, 0.2) is 11.4 Å². The molecule has 0 aliphatic carbocycles. The lowest BCUT2D eigenvalue weighted by Gasteiger charge is -2.27. The average Bonchev–Trinajstić information content (AvgIpc) is 2.87. The van der Waals surface area contributed by atoms with Crippen molar-refractivity contribution in [1.82, 2.24) is 14.5 Å². The van der Waals surface area contributed by atoms with Gasteiger partial charge < -0.3 is 14.0 Å². The molecule has 0 amide bonds. The van der Waals surface area contributed by atoms with E-state index in [0.29, 0.717) is 32.9 Å². The van der Waals surface area contributed by atoms with Gasteiger partial charge >= 0.3 is 0 Å². The fraction of sp³-hybridized carbons (Fsp3) is 0.812. The van der Waals surface area contributed by atoms with Gasteiger partial charge in [-0.3, -0.25) is 4.90 Å². The minimum atomic E-state index is -3.45. The lowest BCUT2D eigenvalue weighted by Crippen LogP contribution is -2.36. The first kappa shape index (κ1) is 19.4. The zero-order chi connectivity index (χ0) is 17.8. The van der Waals surface area contributed by atoms with Crippen LogP contribution in [0, 0.1) is 5.41 Å². The number of aromatic nitrogens is 2. The van der Waals surface area contributed by atoms with Crippen molar-refractivity contribution in [3.63, 3.8) is 0 Å². The second kappa shape index (κ2) is 7.95. The van der Waals surface area contributed by atoms with E-state index in [9.17, 15) is 8.42 Å². The summed E-state index contributed by atoms with van der Waals surface area (Å²) in [6.07, 6.45) is 1.68. The highest BCUT2D eigenvalue weighted by Gasteiger charge is 2.29. The Hall–Kier alpha value is -0.960. The third-order valence-electron chi connectivity index (χ3n) is 3.81. The van der Waals surface area contributed by atoms with Gasteiger partial charge in [0.25, 0.3) is 0 Å². The molecule has 1 aliphatic heterocycles. The van der Waals surface area contributed by atoms with E-state index in [1.54, 1.807) is 17.9 Å². The number of sulfone groups is 1. The van der Waals surface area contributed by atoms with Crippen LogP contribution < -0.4 is 0 Å². The lowest BCUT2D eigenvalue weighted by atomic mass is 10.0. The first-order valence-corrected chi connectivity index (χ1v) is 9.94. The van der Waals surface area contributed by atoms with Gasteiger partial charge in [0.15, 0.2) is 0 Å². The SMILES string of the molecule is COCCn1c(CN2CCOCC2)cnc1S(=O)(=O)CC(C)(C)C. The van der Waals surface area contributed by atoms with Crippen LogP contribution >= 0.6 is 0 Å². The number of imidazole rings is 1. The van der Waals surface area contributed by atoms with Gasteiger partial charge in [0.2, 0.25) is 15.0 Å². The quantitative estimate of drug-likeness (QED) is 0.728. The zero-order valence-electron chi connectivity index (χ0n) is 15.1. The molecule has 24 heavy (non-hydrogen) atoms. The summed E-state index contributed by atoms with van der Waals surface area (Å²) in [6.45, 7) is 10.5. The molecular weight excluding hydrogens is 330 g/mol. The Labute approximate surface area is 144 Å². The highest BCUT2D eigenvalue weighted by Crippen LogP contribution is 2.23. The molecule has 1 fully saturated rings. The largest absolute Gasteiger partial charge is 0.383 e. The molecular formula is C16H29N3O4S. The number of rotatable bonds is 7. The molecule has 1 aromatic rings. The fourth-order valence-electron chi connectivity index (χ4n) is 2.81. The van der Waals surface area contributed by atoms with Crippen LogP contribution in [0.25, 0.3) is 0 Å². The van der Waals surface area contributed by atoms with Gasteiger partial charge in [-0.05, 0) is 5.41 Å². The van der Waals surface area contributed by atoms with Crippen molar-refractivity contribution in [2.24, 2.45) is 5.41 Å². The van der Waals surface area contributed by atoms with Gasteiger partial charge in [0.1, 0.15) is 0 Å². The average molecular weight is 359 g/mol. The van der Waals surface area contributed by atoms with Crippen molar-refractivity contribution in [3.8, 4) is 0 Å². The van der Waals surface area contributed by atoms with Crippen LogP contribution in [0.4, 0.5) is 0 Å². The van der Waals surface area contributed by atoms with Crippen molar-refractivity contribution in [2.75, 3.05) is 45.8 Å². The van der Waals surface area contributed by atoms with E-state index in [1.165, 1.54) is 0 Å². The van der Waals surface area contributed by atoms with Crippen LogP contribution in [0.2, 0.25) is 0 Å². The molecule has 7 nitrogen and oxygen atoms in total. The molecule has 8 heteroatoms. The highest BCUT2D eigenvalue weighted by molar-refractivity contribution is 7.91. The molecule has 0 spiro atoms. The maximum Gasteiger partial charge on any atom is 0.227 e. The number of morpholine rings is 1. The summed E-state index contributed by atoms with van der Waals surface area (Å²) in [5.74, 6) is 0.0704. The number of hydrogen-bond acceptors (Lipinski definition) is 6. The van der Waals surface area contributed by atoms with Crippen molar-refractivity contribution in [3.05, 3.63) is 11.9 Å². The second-order valence-corrected chi connectivity index (χ2v) is 9.27. The van der Waals surface area contributed by atoms with Crippen molar-refractivity contribution in [1.29, 1.82) is 0 Å². The van der Waals surface area contributed by atoms with Gasteiger partial charge in [-0.2, -0.15) is 0 Å². The first-order valence-electron chi connectivity index (χ1n) is 8.29. The summed E-state index contributed by atoms with van der Waals surface area (Å²) in [4.78, 5) is 6.51. The van der Waals surface area contributed by atoms with Gasteiger partial charge in [-0.1, -0.05) is 20.8 Å². The highest BCUT2D eigenvalue weighted by atomic mass is 32.2. The van der Waals surface area contributed by atoms with Gasteiger partial charge in [0, 0.05) is 33.3 Å². The Balaban J connectivity index is 2.27. The van der Waals surface area contributed by atoms with Gasteiger partial charge in [0.05, 0.1) is 37.5 Å². The van der Waals surface area contributed by atoms with E-state index in [2.05, 4.69) is 9.88 Å². The Bertz CT molecular complexity index is 628. The minimum Gasteiger partial charge on any atom is -0.383 e. The van der Waals surface area contributed by atoms with Crippen molar-refractivity contribution in [2.45, 2.75) is 39.0 Å². The van der Waals surface area contributed by atoms with Crippen LogP contribution in [0.3, 0.4) is 0 Å². The maximum atomic E-state index is 12.8. The third-order valence-corrected chi connectivity index (χ3v) is 5.94. The molecule has 138 valence electrons. The molecule has 0 radical (unpaired) electrons. The predicted octanol–water partition coefficient (Wildman–Crippen LogP) is 1.18. The maximum absolute atomic E-state index is 12.8. The molecule has 2 rings (SSSR count). The molecule has 1 aromatic heterocycles. The Kier molecular flexibility index (Phi) is 6.41. The first-order chi connectivity index (χ1) is 11.2. The molecule has 0 saturated carbocycles. The van der Waals surface area contributed by atoms with Gasteiger partial charge in [-0.25, -0.2) is 13.4 Å². The Morgan fingerprint density at radius 3 is 2.54 bits per heavy atom. The van der Waals surface area contributed by atoms with E-state index in [1.807, 2.05) is 20.8 Å². The van der Waals surface area contributed by atoms with E-state index < -0.39 is 9.84 Å². The predicted molar refractivity (Wildman–Crippen MR) is 91.7 cm³/mol. The van der Waals surface area contributed by atoms with E-state index in [4.69, 9.17) is 9.47 Å². The van der Waals surface area contributed by atoms with Crippen LogP contribution in [0.1, 0.15) is 26.5 Å². The van der Waals surface area contributed by atoms with Crippen LogP contribution in [-0.4, -0.2) is 68.6 Å². The fourth-order valence-corrected chi connectivity index (χ4v) is 4.84. The standard InChI is InChI=1S/C16H29N3O4S/c1-16(2,3)13-24(20,21)15-17-11-14(19(15)7-8-22-4)12-18-5-9-23-10-6-18/h11H,5-10,12-13H2,1-4H3. The molecule has 0 N–H and O–H groups in total. The Morgan fingerprint density at radius 1 is 1.29 bits per heavy atom. The number of hydrogen-bond donors (Lipinski definition) is 0. The normalized spacial score (nSPS) is 17.3. The molecule has 2 heterocycles. The van der Waals surface area contributed by atoms with E-state index >= 15 is 0 Å². The summed E-state index contributed by atoms with van der Waals surface area (Å²) < 4.78 is 37.9. The topological polar surface area (TPSA) is 73.7 Å². The molecule has 1 aliphatic rings. The summed E-state index contributed by atoms with van der Waals surface area (Å²) in [5, 5.41) is 0.151. The van der Waals surface area contributed by atoms with E-state index in [0.717, 1.165) is 18.8 Å². The second-order valence-electron chi connectivity index (χ2n) is 7.38. The van der Waals surface area contributed by atoms with Crippen LogP contribution in [-0.2, 0) is 32.4 Å². The molecule has 0 bridgehead atoms. The van der Waals surface area contributed by atoms with Crippen LogP contribution in [0.5, 0.6) is 0 Å². The number of nitrogens with zero attached hydrogens (tertiary/aromatic N) is 3.